The Balaban J connectivity index is 3.43. The van der Waals surface area contributed by atoms with E-state index in [0.29, 0.717) is 0 Å². The first-order valence-electron chi connectivity index (χ1n) is 2.13. The lowest BCUT2D eigenvalue weighted by Gasteiger charge is -1.98. The quantitative estimate of drug-likeness (QED) is 0.506. The van der Waals surface area contributed by atoms with Crippen LogP contribution in [-0.4, -0.2) is 16.6 Å². The molecule has 0 aliphatic rings. The molecule has 46 valence electrons. The average molecular weight is 132 g/mol. The van der Waals surface area contributed by atoms with Gasteiger partial charge < -0.3 is 0 Å². The summed E-state index contributed by atoms with van der Waals surface area (Å²) >= 11 is -1.24. The van der Waals surface area contributed by atoms with Gasteiger partial charge in [0, 0.05) is 6.26 Å². The van der Waals surface area contributed by atoms with Gasteiger partial charge in [0.2, 0.25) is 0 Å². The number of hydrogen-bond acceptors (Lipinski definition) is 2. The van der Waals surface area contributed by atoms with Crippen molar-refractivity contribution in [3.05, 3.63) is 0 Å². The lowest BCUT2D eigenvalue weighted by Crippen LogP contribution is -2.05. The maximum atomic E-state index is 10.2. The molecular formula is C5H8O2S. The summed E-state index contributed by atoms with van der Waals surface area (Å²) in [6.45, 7) is 1.67. The first kappa shape index (κ1) is 7.67. The molecule has 0 aromatic carbocycles. The molecule has 0 N–H and O–H groups in total. The first-order valence-corrected chi connectivity index (χ1v) is 3.62. The molecule has 3 heteroatoms. The lowest BCUT2D eigenvalue weighted by molar-refractivity contribution is 0.311. The van der Waals surface area contributed by atoms with Gasteiger partial charge in [-0.1, -0.05) is 5.92 Å². The SMILES string of the molecule is C#C[C@@H](C)OS(C)=O. The largest absolute Gasteiger partial charge is 0.275 e. The Morgan fingerprint density at radius 2 is 2.38 bits per heavy atom. The molecule has 0 spiro atoms. The molecule has 0 radical (unpaired) electrons. The molecule has 0 heterocycles. The van der Waals surface area contributed by atoms with Crippen LogP contribution in [0.3, 0.4) is 0 Å². The summed E-state index contributed by atoms with van der Waals surface area (Å²) in [6, 6.07) is 0. The van der Waals surface area contributed by atoms with Crippen molar-refractivity contribution in [2.75, 3.05) is 6.26 Å². The molecule has 0 fully saturated rings. The third kappa shape index (κ3) is 3.85. The fourth-order valence-electron chi connectivity index (χ4n) is 0.231. The highest BCUT2D eigenvalue weighted by Gasteiger charge is 1.96. The molecule has 0 rings (SSSR count). The van der Waals surface area contributed by atoms with Crippen molar-refractivity contribution < 1.29 is 8.39 Å². The highest BCUT2D eigenvalue weighted by atomic mass is 32.2. The Bertz CT molecular complexity index is 125. The molecule has 0 aromatic rings. The number of hydrogen-bond donors (Lipinski definition) is 0. The monoisotopic (exact) mass is 132 g/mol. The minimum absolute atomic E-state index is 0.346. The van der Waals surface area contributed by atoms with Gasteiger partial charge in [0.05, 0.1) is 0 Å². The van der Waals surface area contributed by atoms with E-state index in [-0.39, 0.29) is 6.10 Å². The zero-order valence-corrected chi connectivity index (χ0v) is 5.70. The molecule has 2 nitrogen and oxygen atoms in total. The molecular weight excluding hydrogens is 124 g/mol. The summed E-state index contributed by atoms with van der Waals surface area (Å²) in [6.07, 6.45) is 6.00. The van der Waals surface area contributed by atoms with Gasteiger partial charge in [-0.15, -0.1) is 6.42 Å². The van der Waals surface area contributed by atoms with Crippen LogP contribution in [0.1, 0.15) is 6.92 Å². The van der Waals surface area contributed by atoms with Crippen molar-refractivity contribution in [1.82, 2.24) is 0 Å². The maximum absolute atomic E-state index is 10.2. The third-order valence-electron chi connectivity index (χ3n) is 0.515. The molecule has 0 bridgehead atoms. The molecule has 0 aliphatic heterocycles. The van der Waals surface area contributed by atoms with Crippen LogP contribution < -0.4 is 0 Å². The van der Waals surface area contributed by atoms with Gasteiger partial charge in [0.1, 0.15) is 6.10 Å². The van der Waals surface area contributed by atoms with Crippen LogP contribution in [0.2, 0.25) is 0 Å². The molecule has 2 atom stereocenters. The summed E-state index contributed by atoms with van der Waals surface area (Å²) in [5.41, 5.74) is 0. The van der Waals surface area contributed by atoms with Crippen LogP contribution in [0.25, 0.3) is 0 Å². The second-order valence-corrected chi connectivity index (χ2v) is 2.30. The first-order chi connectivity index (χ1) is 3.66. The summed E-state index contributed by atoms with van der Waals surface area (Å²) in [5, 5.41) is 0. The number of rotatable bonds is 2. The maximum Gasteiger partial charge on any atom is 0.153 e. The molecule has 0 aliphatic carbocycles. The average Bonchev–Trinajstić information content (AvgIpc) is 1.65. The zero-order valence-electron chi connectivity index (χ0n) is 4.88. The van der Waals surface area contributed by atoms with E-state index in [2.05, 4.69) is 10.1 Å². The predicted octanol–water partition coefficient (Wildman–Crippen LogP) is 0.318. The molecule has 0 saturated heterocycles. The number of terminal acetylenes is 1. The summed E-state index contributed by atoms with van der Waals surface area (Å²) in [7, 11) is 0. The highest BCUT2D eigenvalue weighted by Crippen LogP contribution is 1.88. The minimum atomic E-state index is -1.24. The summed E-state index contributed by atoms with van der Waals surface area (Å²) in [5.74, 6) is 2.28. The summed E-state index contributed by atoms with van der Waals surface area (Å²) < 4.78 is 14.8. The molecule has 1 unspecified atom stereocenters. The Labute approximate surface area is 51.9 Å². The third-order valence-corrected chi connectivity index (χ3v) is 1.07. The van der Waals surface area contributed by atoms with Gasteiger partial charge in [-0.2, -0.15) is 0 Å². The van der Waals surface area contributed by atoms with Gasteiger partial charge in [0.15, 0.2) is 11.1 Å². The zero-order chi connectivity index (χ0) is 6.57. The Morgan fingerprint density at radius 3 is 2.50 bits per heavy atom. The van der Waals surface area contributed by atoms with Crippen molar-refractivity contribution in [2.24, 2.45) is 0 Å². The minimum Gasteiger partial charge on any atom is -0.275 e. The standard InChI is InChI=1S/C5H8O2S/c1-4-5(2)7-8(3)6/h1,5H,2-3H3/t5-,8?/m1/s1. The predicted molar refractivity (Wildman–Crippen MR) is 33.4 cm³/mol. The van der Waals surface area contributed by atoms with Crippen LogP contribution in [0.4, 0.5) is 0 Å². The van der Waals surface area contributed by atoms with Crippen LogP contribution in [0.15, 0.2) is 0 Å². The van der Waals surface area contributed by atoms with E-state index < -0.39 is 11.1 Å². The molecule has 0 amide bonds. The lowest BCUT2D eigenvalue weighted by atomic mass is 10.4. The fraction of sp³-hybridized carbons (Fsp3) is 0.600. The second kappa shape index (κ2) is 3.65. The van der Waals surface area contributed by atoms with Crippen LogP contribution in [0, 0.1) is 12.3 Å². The van der Waals surface area contributed by atoms with E-state index in [1.54, 1.807) is 6.92 Å². The van der Waals surface area contributed by atoms with Crippen LogP contribution in [0.5, 0.6) is 0 Å². The van der Waals surface area contributed by atoms with Crippen molar-refractivity contribution >= 4 is 11.1 Å². The van der Waals surface area contributed by atoms with Gasteiger partial charge in [0.25, 0.3) is 0 Å². The molecule has 0 aromatic heterocycles. The van der Waals surface area contributed by atoms with E-state index >= 15 is 0 Å². The van der Waals surface area contributed by atoms with Crippen molar-refractivity contribution in [1.29, 1.82) is 0 Å². The van der Waals surface area contributed by atoms with E-state index in [0.717, 1.165) is 0 Å². The van der Waals surface area contributed by atoms with Gasteiger partial charge >= 0.3 is 0 Å². The fourth-order valence-corrected chi connectivity index (χ4v) is 0.693. The van der Waals surface area contributed by atoms with E-state index in [1.807, 2.05) is 0 Å². The Hall–Kier alpha value is -0.330. The smallest absolute Gasteiger partial charge is 0.153 e. The van der Waals surface area contributed by atoms with Crippen molar-refractivity contribution in [2.45, 2.75) is 13.0 Å². The topological polar surface area (TPSA) is 26.3 Å². The van der Waals surface area contributed by atoms with Crippen molar-refractivity contribution in [3.8, 4) is 12.3 Å². The van der Waals surface area contributed by atoms with Gasteiger partial charge in [-0.05, 0) is 6.92 Å². The van der Waals surface area contributed by atoms with E-state index in [9.17, 15) is 4.21 Å². The second-order valence-electron chi connectivity index (χ2n) is 1.31. The Morgan fingerprint density at radius 1 is 1.88 bits per heavy atom. The van der Waals surface area contributed by atoms with Crippen LogP contribution >= 0.6 is 0 Å². The van der Waals surface area contributed by atoms with Gasteiger partial charge in [-0.25, -0.2) is 4.21 Å². The van der Waals surface area contributed by atoms with Gasteiger partial charge in [-0.3, -0.25) is 4.18 Å². The molecule has 0 saturated carbocycles. The van der Waals surface area contributed by atoms with E-state index in [4.69, 9.17) is 6.42 Å². The normalized spacial score (nSPS) is 16.6. The van der Waals surface area contributed by atoms with E-state index in [1.165, 1.54) is 6.26 Å². The van der Waals surface area contributed by atoms with Crippen molar-refractivity contribution in [3.63, 3.8) is 0 Å². The van der Waals surface area contributed by atoms with Crippen LogP contribution in [-0.2, 0) is 15.3 Å². The summed E-state index contributed by atoms with van der Waals surface area (Å²) in [4.78, 5) is 0. The Kier molecular flexibility index (Phi) is 3.49. The molecule has 8 heavy (non-hydrogen) atoms. The highest BCUT2D eigenvalue weighted by molar-refractivity contribution is 7.79.